The van der Waals surface area contributed by atoms with Crippen LogP contribution in [0.5, 0.6) is 0 Å². The Labute approximate surface area is 169 Å². The van der Waals surface area contributed by atoms with Crippen LogP contribution < -0.4 is 16.6 Å². The summed E-state index contributed by atoms with van der Waals surface area (Å²) in [7, 11) is 0. The van der Waals surface area contributed by atoms with Crippen LogP contribution in [0.2, 0.25) is 5.02 Å². The number of halogens is 1. The average Bonchev–Trinajstić information content (AvgIpc) is 2.71. The van der Waals surface area contributed by atoms with Gasteiger partial charge in [-0.2, -0.15) is 4.98 Å². The molecule has 0 saturated heterocycles. The van der Waals surface area contributed by atoms with Gasteiger partial charge in [0.2, 0.25) is 11.7 Å². The zero-order chi connectivity index (χ0) is 20.3. The predicted octanol–water partition coefficient (Wildman–Crippen LogP) is 2.90. The van der Waals surface area contributed by atoms with Crippen LogP contribution in [0.3, 0.4) is 0 Å². The smallest absolute Gasteiger partial charge is 0.258 e. The van der Waals surface area contributed by atoms with E-state index in [0.717, 1.165) is 0 Å². The molecule has 1 atom stereocenters. The summed E-state index contributed by atoms with van der Waals surface area (Å²) < 4.78 is 0. The van der Waals surface area contributed by atoms with Crippen molar-refractivity contribution in [3.63, 3.8) is 0 Å². The van der Waals surface area contributed by atoms with Crippen LogP contribution in [-0.2, 0) is 0 Å². The van der Waals surface area contributed by atoms with Crippen molar-refractivity contribution in [2.75, 3.05) is 11.1 Å². The van der Waals surface area contributed by atoms with E-state index in [0.29, 0.717) is 21.7 Å². The first kappa shape index (κ1) is 17.4. The number of nitrogen functional groups attached to an aromatic ring is 1. The number of benzene rings is 2. The van der Waals surface area contributed by atoms with E-state index >= 15 is 0 Å². The third kappa shape index (κ3) is 2.44. The maximum atomic E-state index is 13.4. The van der Waals surface area contributed by atoms with Gasteiger partial charge in [0.1, 0.15) is 5.82 Å². The first-order valence-electron chi connectivity index (χ1n) is 8.81. The van der Waals surface area contributed by atoms with E-state index < -0.39 is 11.5 Å². The molecule has 1 aromatic heterocycles. The van der Waals surface area contributed by atoms with Crippen LogP contribution in [0.15, 0.2) is 64.6 Å². The van der Waals surface area contributed by atoms with Gasteiger partial charge in [-0.25, -0.2) is 0 Å². The molecule has 0 radical (unpaired) electrons. The molecule has 0 fully saturated rings. The predicted molar refractivity (Wildman–Crippen MR) is 108 cm³/mol. The molecule has 2 heterocycles. The van der Waals surface area contributed by atoms with Crippen molar-refractivity contribution in [2.24, 2.45) is 0 Å². The van der Waals surface area contributed by atoms with Gasteiger partial charge in [0.25, 0.3) is 5.56 Å². The highest BCUT2D eigenvalue weighted by molar-refractivity contribution is 6.32. The molecule has 1 aliphatic heterocycles. The number of aromatic amines is 1. The van der Waals surface area contributed by atoms with Crippen LogP contribution in [-0.4, -0.2) is 21.5 Å². The van der Waals surface area contributed by atoms with E-state index in [9.17, 15) is 14.4 Å². The van der Waals surface area contributed by atoms with Gasteiger partial charge in [-0.3, -0.25) is 19.4 Å². The fourth-order valence-electron chi connectivity index (χ4n) is 3.94. The summed E-state index contributed by atoms with van der Waals surface area (Å²) in [6, 6.07) is 13.5. The fourth-order valence-corrected chi connectivity index (χ4v) is 4.18. The van der Waals surface area contributed by atoms with E-state index in [1.54, 1.807) is 48.5 Å². The third-order valence-corrected chi connectivity index (χ3v) is 5.51. The highest BCUT2D eigenvalue weighted by Gasteiger charge is 2.43. The average molecular weight is 405 g/mol. The quantitative estimate of drug-likeness (QED) is 0.574. The molecule has 0 amide bonds. The maximum absolute atomic E-state index is 13.4. The van der Waals surface area contributed by atoms with E-state index in [1.165, 1.54) is 0 Å². The second kappa shape index (κ2) is 6.15. The van der Waals surface area contributed by atoms with Gasteiger partial charge in [-0.1, -0.05) is 54.1 Å². The van der Waals surface area contributed by atoms with E-state index in [1.807, 2.05) is 0 Å². The lowest BCUT2D eigenvalue weighted by Crippen LogP contribution is -2.36. The summed E-state index contributed by atoms with van der Waals surface area (Å²) in [6.45, 7) is 0. The van der Waals surface area contributed by atoms with Gasteiger partial charge in [0.15, 0.2) is 5.78 Å². The van der Waals surface area contributed by atoms with E-state index in [2.05, 4.69) is 15.3 Å². The summed E-state index contributed by atoms with van der Waals surface area (Å²) in [5.41, 5.74) is 6.76. The molecule has 142 valence electrons. The zero-order valence-corrected chi connectivity index (χ0v) is 15.6. The molecule has 4 N–H and O–H groups in total. The number of fused-ring (bicyclic) bond motifs is 2. The van der Waals surface area contributed by atoms with Crippen LogP contribution in [0, 0.1) is 0 Å². The second-order valence-corrected chi connectivity index (χ2v) is 7.19. The van der Waals surface area contributed by atoms with Gasteiger partial charge < -0.3 is 11.1 Å². The number of nitrogens with one attached hydrogen (secondary N) is 2. The number of hydrogen-bond donors (Lipinski definition) is 3. The Morgan fingerprint density at radius 2 is 1.59 bits per heavy atom. The first-order valence-corrected chi connectivity index (χ1v) is 9.19. The highest BCUT2D eigenvalue weighted by Crippen LogP contribution is 2.45. The van der Waals surface area contributed by atoms with Crippen molar-refractivity contribution in [1.29, 1.82) is 0 Å². The van der Waals surface area contributed by atoms with E-state index in [-0.39, 0.29) is 40.2 Å². The Hall–Kier alpha value is -3.71. The number of allylic oxidation sites excluding steroid dienone is 2. The lowest BCUT2D eigenvalue weighted by molar-refractivity contribution is 0.0971. The Kier molecular flexibility index (Phi) is 3.69. The summed E-state index contributed by atoms with van der Waals surface area (Å²) in [4.78, 5) is 46.1. The molecule has 2 aromatic carbocycles. The zero-order valence-electron chi connectivity index (χ0n) is 14.8. The first-order chi connectivity index (χ1) is 14.0. The monoisotopic (exact) mass is 404 g/mol. The minimum Gasteiger partial charge on any atom is -0.369 e. The number of H-pyrrole nitrogens is 1. The Morgan fingerprint density at radius 1 is 0.931 bits per heavy atom. The van der Waals surface area contributed by atoms with Gasteiger partial charge in [0.05, 0.1) is 17.2 Å². The molecule has 0 saturated carbocycles. The van der Waals surface area contributed by atoms with Crippen molar-refractivity contribution in [2.45, 2.75) is 5.92 Å². The van der Waals surface area contributed by atoms with Gasteiger partial charge in [-0.15, -0.1) is 0 Å². The molecule has 5 rings (SSSR count). The number of rotatable bonds is 1. The second-order valence-electron chi connectivity index (χ2n) is 6.79. The van der Waals surface area contributed by atoms with Gasteiger partial charge in [-0.05, 0) is 11.6 Å². The number of carbonyl (C=O) groups excluding carboxylic acids is 2. The lowest BCUT2D eigenvalue weighted by Gasteiger charge is -2.32. The van der Waals surface area contributed by atoms with Crippen molar-refractivity contribution in [3.8, 4) is 0 Å². The summed E-state index contributed by atoms with van der Waals surface area (Å²) in [5, 5.41) is 3.24. The number of anilines is 2. The van der Waals surface area contributed by atoms with Crippen LogP contribution >= 0.6 is 11.6 Å². The maximum Gasteiger partial charge on any atom is 0.258 e. The molecule has 1 unspecified atom stereocenters. The van der Waals surface area contributed by atoms with Crippen molar-refractivity contribution >= 4 is 34.9 Å². The number of hydrogen-bond acceptors (Lipinski definition) is 6. The normalized spacial score (nSPS) is 17.3. The summed E-state index contributed by atoms with van der Waals surface area (Å²) in [6.07, 6.45) is 0. The number of nitrogens with zero attached hydrogens (tertiary/aromatic N) is 1. The molecular weight excluding hydrogens is 392 g/mol. The van der Waals surface area contributed by atoms with Gasteiger partial charge >= 0.3 is 0 Å². The molecule has 7 nitrogen and oxygen atoms in total. The molecule has 0 bridgehead atoms. The number of nitrogens with two attached hydrogens (primary N) is 1. The van der Waals surface area contributed by atoms with Gasteiger partial charge in [0, 0.05) is 21.7 Å². The van der Waals surface area contributed by atoms with Crippen molar-refractivity contribution in [3.05, 3.63) is 97.4 Å². The van der Waals surface area contributed by atoms with Crippen molar-refractivity contribution < 1.29 is 9.59 Å². The number of ketones is 2. The van der Waals surface area contributed by atoms with Crippen LogP contribution in [0.4, 0.5) is 11.8 Å². The Bertz CT molecular complexity index is 1330. The lowest BCUT2D eigenvalue weighted by atomic mass is 9.74. The minimum absolute atomic E-state index is 0.0867. The summed E-state index contributed by atoms with van der Waals surface area (Å²) >= 11 is 6.43. The standard InChI is InChI=1S/C21H13ClN4O3/c22-12-8-4-3-7-11(12)13-14-16(24-19-15(13)20(29)26-21(23)25-19)18(28)10-6-2-1-5-9(10)17(14)27/h1-8,13H,(H4,23,24,25,26,29). The third-order valence-electron chi connectivity index (χ3n) is 5.17. The summed E-state index contributed by atoms with van der Waals surface area (Å²) in [5.74, 6) is -1.52. The van der Waals surface area contributed by atoms with Crippen LogP contribution in [0.25, 0.3) is 0 Å². The molecule has 29 heavy (non-hydrogen) atoms. The van der Waals surface area contributed by atoms with E-state index in [4.69, 9.17) is 17.3 Å². The SMILES string of the molecule is Nc1nc2c(c(=O)[nH]1)C(c1ccccc1Cl)C1=C(N2)C(=O)c2ccccc2C1=O. The fraction of sp³-hybridized carbons (Fsp3) is 0.0476. The topological polar surface area (TPSA) is 118 Å². The molecule has 3 aromatic rings. The Morgan fingerprint density at radius 3 is 2.31 bits per heavy atom. The molecule has 1 aliphatic carbocycles. The molecule has 8 heteroatoms. The van der Waals surface area contributed by atoms with Crippen LogP contribution in [0.1, 0.15) is 37.8 Å². The number of Topliss-reactive ketones (excluding diaryl/α,β-unsaturated/α-hetero) is 2. The molecule has 0 spiro atoms. The largest absolute Gasteiger partial charge is 0.369 e. The molecule has 2 aliphatic rings. The number of aromatic nitrogens is 2. The van der Waals surface area contributed by atoms with Crippen molar-refractivity contribution in [1.82, 2.24) is 9.97 Å². The Balaban J connectivity index is 1.86. The highest BCUT2D eigenvalue weighted by atomic mass is 35.5. The minimum atomic E-state index is -0.864. The molecular formula is C21H13ClN4O3. The number of carbonyl (C=O) groups is 2.